The van der Waals surface area contributed by atoms with Gasteiger partial charge < -0.3 is 90.7 Å². The molecule has 4 amide bonds. The third-order valence-electron chi connectivity index (χ3n) is 24.2. The predicted octanol–water partition coefficient (Wildman–Crippen LogP) is 6.42. The minimum absolute atomic E-state index is 0.00232. The van der Waals surface area contributed by atoms with Crippen molar-refractivity contribution in [2.45, 2.75) is 103 Å². The van der Waals surface area contributed by atoms with Gasteiger partial charge in [-0.15, -0.1) is 25.5 Å². The molecule has 3 saturated carbocycles. The van der Waals surface area contributed by atoms with Crippen molar-refractivity contribution in [3.8, 4) is 29.4 Å². The summed E-state index contributed by atoms with van der Waals surface area (Å²) in [5.74, 6) is 8.09. The summed E-state index contributed by atoms with van der Waals surface area (Å²) in [4.78, 5) is 95.0. The van der Waals surface area contributed by atoms with Crippen LogP contribution >= 0.6 is 0 Å². The van der Waals surface area contributed by atoms with E-state index in [1.165, 1.54) is 43.2 Å². The smallest absolute Gasteiger partial charge is 0.256 e. The minimum Gasteiger partial charge on any atom is -0.481 e. The zero-order valence-corrected chi connectivity index (χ0v) is 75.8. The molecule has 12 aromatic heterocycles. The Morgan fingerprint density at radius 3 is 1.34 bits per heavy atom. The Hall–Kier alpha value is -14.6. The van der Waals surface area contributed by atoms with Crippen LogP contribution in [-0.4, -0.2) is 269 Å². The highest BCUT2D eigenvalue weighted by Gasteiger charge is 2.59. The number of carbonyl (C=O) groups excluding carboxylic acids is 4. The summed E-state index contributed by atoms with van der Waals surface area (Å²) in [6.07, 6.45) is 28.6. The molecule has 4 aliphatic heterocycles. The van der Waals surface area contributed by atoms with Crippen molar-refractivity contribution in [1.82, 2.24) is 128 Å². The molecule has 3 aliphatic carbocycles. The van der Waals surface area contributed by atoms with Crippen molar-refractivity contribution in [2.75, 3.05) is 149 Å². The number of nitrogens with one attached hydrogen (secondary N) is 8. The molecule has 0 aromatic carbocycles. The topological polar surface area (TPSA) is 432 Å². The van der Waals surface area contributed by atoms with Crippen LogP contribution in [0, 0.1) is 30.6 Å². The number of hydrogen-bond donors (Lipinski definition) is 8. The summed E-state index contributed by atoms with van der Waals surface area (Å²) >= 11 is 0. The maximum atomic E-state index is 14.8. The Kier molecular flexibility index (Phi) is 26.4. The fourth-order valence-electron chi connectivity index (χ4n) is 17.2. The van der Waals surface area contributed by atoms with Gasteiger partial charge in [0.05, 0.1) is 134 Å². The van der Waals surface area contributed by atoms with Gasteiger partial charge in [-0.2, -0.15) is 4.98 Å². The molecular formula is C86H113FN34O9. The van der Waals surface area contributed by atoms with Crippen molar-refractivity contribution < 1.29 is 47.3 Å². The summed E-state index contributed by atoms with van der Waals surface area (Å²) in [5, 5.41) is 47.1. The second-order valence-electron chi connectivity index (χ2n) is 33.8. The molecule has 7 aliphatic rings. The Labute approximate surface area is 749 Å². The predicted molar refractivity (Wildman–Crippen MR) is 489 cm³/mol. The second-order valence-corrected chi connectivity index (χ2v) is 33.8. The number of aryl methyl sites for hydroxylation is 5. The molecule has 2 bridgehead atoms. The molecule has 8 atom stereocenters. The Morgan fingerprint density at radius 2 is 0.877 bits per heavy atom. The number of carbonyl (C=O) groups is 4. The number of nitrogens with zero attached hydrogens (tertiary/aromatic N) is 26. The number of anilines is 12. The first kappa shape index (κ1) is 90.2. The quantitative estimate of drug-likeness (QED) is 0.0225. The molecule has 688 valence electrons. The molecule has 0 spiro atoms. The fraction of sp³-hybridized carbons (Fsp3) is 0.453. The van der Waals surface area contributed by atoms with E-state index in [1.807, 2.05) is 112 Å². The van der Waals surface area contributed by atoms with E-state index < -0.39 is 12.2 Å². The number of ether oxygens (including phenoxy) is 5. The van der Waals surface area contributed by atoms with E-state index in [1.54, 1.807) is 66.5 Å². The van der Waals surface area contributed by atoms with Crippen LogP contribution in [0.2, 0.25) is 0 Å². The lowest BCUT2D eigenvalue weighted by Gasteiger charge is -2.61. The molecule has 8 unspecified atom stereocenters. The van der Waals surface area contributed by atoms with E-state index in [9.17, 15) is 23.6 Å². The molecule has 44 heteroatoms. The maximum Gasteiger partial charge on any atom is 0.256 e. The van der Waals surface area contributed by atoms with Crippen LogP contribution in [0.25, 0.3) is 22.6 Å². The summed E-state index contributed by atoms with van der Waals surface area (Å²) < 4.78 is 56.4. The largest absolute Gasteiger partial charge is 0.481 e. The first-order valence-corrected chi connectivity index (χ1v) is 42.9. The molecule has 130 heavy (non-hydrogen) atoms. The van der Waals surface area contributed by atoms with Gasteiger partial charge >= 0.3 is 0 Å². The number of aromatic nitrogens is 21. The fourth-order valence-corrected chi connectivity index (χ4v) is 17.2. The van der Waals surface area contributed by atoms with Gasteiger partial charge in [0.25, 0.3) is 23.5 Å². The molecule has 16 heterocycles. The number of methoxy groups -OCH3 is 5. The normalized spacial score (nSPS) is 20.6. The summed E-state index contributed by atoms with van der Waals surface area (Å²) in [6, 6.07) is -0.605. The first-order valence-electron chi connectivity index (χ1n) is 42.9. The van der Waals surface area contributed by atoms with Gasteiger partial charge in [-0.05, 0) is 94.7 Å². The average Bonchev–Trinajstić information content (AvgIpc) is 1.33. The number of fused-ring (bicyclic) bond motifs is 4. The van der Waals surface area contributed by atoms with E-state index in [0.717, 1.165) is 73.3 Å². The van der Waals surface area contributed by atoms with Crippen LogP contribution < -0.4 is 85.8 Å². The molecule has 8 N–H and O–H groups in total. The van der Waals surface area contributed by atoms with Gasteiger partial charge in [-0.3, -0.25) is 51.1 Å². The lowest BCUT2D eigenvalue weighted by atomic mass is 9.43. The zero-order chi connectivity index (χ0) is 92.3. The van der Waals surface area contributed by atoms with Crippen LogP contribution in [0.5, 0.6) is 29.4 Å². The van der Waals surface area contributed by atoms with E-state index in [2.05, 4.69) is 160 Å². The monoisotopic (exact) mass is 1780 g/mol. The summed E-state index contributed by atoms with van der Waals surface area (Å²) in [6.45, 7) is 30.6. The standard InChI is InChI=1S/C23H27FN8O2.C22H32N10O2.C21H28N8O2.C20H26N8O3/c1-4-19(33)26-15-11-31(9-14(15)24)18-12-32-17(23-5-13(6-23)7-23)8-25-21(32)20(28-18)27-16-10-30(2)29-22(16)34-3;1-7-18(33)24-16-12-30(11-14(16)2)22-26-19(20-23-10-15(3)32(20)28-22)25-17-13-31(9-8-29(4)5)27-21(17)34-6;1-6-14-8-22-20-19(24-16-10-27(4)26-21(16)31-5)25-17(12-29(14)20)28-9-13(3)15(11-28)23-18(30)7-2;1-6-16(29)22-13-10-27(8-12(13)2)15-11-28-17(30-4)7-21-19(28)18(24-15)23-14-9-26(3)25-20(14)31-5/h4,8,10,12-15H,1,5-7,9,11H2,2-3H3,(H,26,33)(H,27,28);7,10,13-14,16H,1,8-9,11-12H2,2-6H3,(H,24,33)(H,25,26,28);7-8,10,12-13,15H,2,6,9,11H2,1,3-5H3,(H,23,30)(H,24,25);6-7,9,11-13H,1,8,10H2,2-5H3,(H,22,29)(H,23,24). The molecule has 7 fully saturated rings. The highest BCUT2D eigenvalue weighted by atomic mass is 19.1. The van der Waals surface area contributed by atoms with Gasteiger partial charge in [-0.1, -0.05) is 54.0 Å². The van der Waals surface area contributed by atoms with E-state index in [0.29, 0.717) is 137 Å². The lowest BCUT2D eigenvalue weighted by Crippen LogP contribution is -2.55. The van der Waals surface area contributed by atoms with Gasteiger partial charge in [0, 0.05) is 103 Å². The van der Waals surface area contributed by atoms with E-state index in [-0.39, 0.29) is 71.5 Å². The van der Waals surface area contributed by atoms with Gasteiger partial charge in [0.15, 0.2) is 45.9 Å². The lowest BCUT2D eigenvalue weighted by molar-refractivity contribution is -0.118. The van der Waals surface area contributed by atoms with Crippen molar-refractivity contribution in [3.63, 3.8) is 0 Å². The number of alkyl halides is 1. The number of halogens is 1. The van der Waals surface area contributed by atoms with Crippen LogP contribution in [-0.2, 0) is 58.7 Å². The van der Waals surface area contributed by atoms with Gasteiger partial charge in [0.2, 0.25) is 35.5 Å². The van der Waals surface area contributed by atoms with Crippen LogP contribution in [0.15, 0.2) is 119 Å². The first-order chi connectivity index (χ1) is 62.5. The maximum absolute atomic E-state index is 14.8. The number of likely N-dealkylation sites (N-methyl/N-ethyl adjacent to an activating group) is 1. The third-order valence-corrected chi connectivity index (χ3v) is 24.2. The van der Waals surface area contributed by atoms with E-state index in [4.69, 9.17) is 53.7 Å². The molecule has 12 aromatic rings. The number of hydrogen-bond acceptors (Lipinski definition) is 31. The minimum atomic E-state index is -1.21. The summed E-state index contributed by atoms with van der Waals surface area (Å²) in [5.41, 5.74) is 8.70. The number of imidazole rings is 4. The Balaban J connectivity index is 0.000000133. The molecular weight excluding hydrogens is 1670 g/mol. The van der Waals surface area contributed by atoms with Gasteiger partial charge in [-0.25, -0.2) is 43.8 Å². The SMILES string of the molecule is C=CC(=O)NC1CN(c2cn3c(C45CC(C4)C5)cnc3c(Nc3cn(C)nc3OC)n2)CC1F.C=CC(=O)NC1CN(c2cn3c(CC)cnc3c(Nc3cn(C)nc3OC)n2)CC1C.C=CC(=O)NC1CN(c2cn3c(OC)cnc3c(Nc3cn(C)nc3OC)n2)CC1C.C=CC(=O)NC1CN(c2nc(Nc3cn(CCN(C)C)nc3OC)c3ncc(C)n3n2)CC1C. The summed E-state index contributed by atoms with van der Waals surface area (Å²) in [7, 11) is 17.4. The molecule has 43 nitrogen and oxygen atoms in total. The number of rotatable bonds is 30. The van der Waals surface area contributed by atoms with Gasteiger partial charge in [0.1, 0.15) is 46.4 Å². The van der Waals surface area contributed by atoms with Crippen molar-refractivity contribution in [1.29, 1.82) is 0 Å². The van der Waals surface area contributed by atoms with Crippen LogP contribution in [0.1, 0.15) is 64.0 Å². The van der Waals surface area contributed by atoms with Crippen LogP contribution in [0.3, 0.4) is 0 Å². The Morgan fingerprint density at radius 1 is 0.477 bits per heavy atom. The second kappa shape index (κ2) is 38.1. The van der Waals surface area contributed by atoms with Crippen molar-refractivity contribution in [3.05, 3.63) is 136 Å². The molecule has 19 rings (SSSR count). The molecule has 0 radical (unpaired) electrons. The third kappa shape index (κ3) is 18.9. The van der Waals surface area contributed by atoms with E-state index >= 15 is 0 Å². The zero-order valence-electron chi connectivity index (χ0n) is 75.8. The number of amides is 4. The highest BCUT2D eigenvalue weighted by Crippen LogP contribution is 2.65. The molecule has 4 saturated heterocycles. The van der Waals surface area contributed by atoms with Crippen molar-refractivity contribution in [2.24, 2.45) is 44.8 Å². The Bertz CT molecular complexity index is 6000. The van der Waals surface area contributed by atoms with Crippen molar-refractivity contribution >= 4 is 116 Å². The van der Waals surface area contributed by atoms with Crippen LogP contribution in [0.4, 0.5) is 73.8 Å². The average molecular weight is 1790 g/mol. The highest BCUT2D eigenvalue weighted by molar-refractivity contribution is 5.89.